The topological polar surface area (TPSA) is 102 Å². The number of nitrogens with two attached hydrogens (primary N) is 1. The van der Waals surface area contributed by atoms with Crippen LogP contribution in [0, 0.1) is 0 Å². The lowest BCUT2D eigenvalue weighted by atomic mass is 9.92. The molecule has 0 saturated carbocycles. The van der Waals surface area contributed by atoms with Crippen LogP contribution in [-0.2, 0) is 11.4 Å². The average molecular weight is 487 g/mol. The van der Waals surface area contributed by atoms with Gasteiger partial charge in [-0.1, -0.05) is 66.2 Å². The second-order valence-electron chi connectivity index (χ2n) is 7.82. The zero-order chi connectivity index (χ0) is 24.8. The average Bonchev–Trinajstić information content (AvgIpc) is 2.88. The van der Waals surface area contributed by atoms with Gasteiger partial charge in [0.15, 0.2) is 0 Å². The van der Waals surface area contributed by atoms with Crippen LogP contribution in [0.2, 0.25) is 5.02 Å². The molecule has 4 rings (SSSR count). The number of hydrogen-bond acceptors (Lipinski definition) is 4. The van der Waals surface area contributed by atoms with E-state index in [9.17, 15) is 14.7 Å². The number of hydrogen-bond donors (Lipinski definition) is 3. The molecule has 0 aliphatic rings. The second-order valence-corrected chi connectivity index (χ2v) is 8.25. The first kappa shape index (κ1) is 24.0. The molecule has 1 amide bonds. The number of carbonyl (C=O) groups excluding carboxylic acids is 1. The van der Waals surface area contributed by atoms with Crippen LogP contribution in [0.4, 0.5) is 5.69 Å². The quantitative estimate of drug-likeness (QED) is 0.290. The van der Waals surface area contributed by atoms with E-state index in [2.05, 4.69) is 5.32 Å². The van der Waals surface area contributed by atoms with Crippen LogP contribution < -0.4 is 15.8 Å². The van der Waals surface area contributed by atoms with E-state index in [4.69, 9.17) is 22.1 Å². The monoisotopic (exact) mass is 486 g/mol. The molecule has 0 aliphatic heterocycles. The lowest BCUT2D eigenvalue weighted by Gasteiger charge is -2.17. The zero-order valence-electron chi connectivity index (χ0n) is 18.7. The van der Waals surface area contributed by atoms with Crippen molar-refractivity contribution in [1.29, 1.82) is 0 Å². The van der Waals surface area contributed by atoms with Crippen molar-refractivity contribution in [3.8, 4) is 28.0 Å². The molecule has 0 unspecified atom stereocenters. The number of nitrogens with one attached hydrogen (secondary N) is 1. The number of halogens is 1. The van der Waals surface area contributed by atoms with Gasteiger partial charge in [-0.15, -0.1) is 0 Å². The van der Waals surface area contributed by atoms with E-state index in [1.165, 1.54) is 6.07 Å². The van der Waals surface area contributed by atoms with Crippen molar-refractivity contribution in [1.82, 2.24) is 0 Å². The van der Waals surface area contributed by atoms with Gasteiger partial charge in [-0.2, -0.15) is 0 Å². The van der Waals surface area contributed by atoms with Gasteiger partial charge >= 0.3 is 5.97 Å². The van der Waals surface area contributed by atoms with Crippen molar-refractivity contribution in [2.75, 3.05) is 11.9 Å². The molecule has 0 aromatic heterocycles. The van der Waals surface area contributed by atoms with Gasteiger partial charge in [0.1, 0.15) is 12.4 Å². The maximum absolute atomic E-state index is 11.9. The fourth-order valence-electron chi connectivity index (χ4n) is 3.73. The Morgan fingerprint density at radius 3 is 2.29 bits per heavy atom. The number of anilines is 1. The lowest BCUT2D eigenvalue weighted by molar-refractivity contribution is -0.114. The first-order valence-electron chi connectivity index (χ1n) is 10.9. The molecule has 4 aromatic carbocycles. The van der Waals surface area contributed by atoms with Crippen LogP contribution in [0.1, 0.15) is 15.9 Å². The van der Waals surface area contributed by atoms with E-state index in [-0.39, 0.29) is 12.1 Å². The summed E-state index contributed by atoms with van der Waals surface area (Å²) in [6.45, 7) is 0.162. The molecule has 7 heteroatoms. The maximum atomic E-state index is 11.9. The molecule has 0 saturated heterocycles. The van der Waals surface area contributed by atoms with Crippen molar-refractivity contribution in [3.63, 3.8) is 0 Å². The Hall–Kier alpha value is -4.13. The molecule has 4 aromatic rings. The Bertz CT molecular complexity index is 1370. The molecular weight excluding hydrogens is 464 g/mol. The number of carboxylic acids is 1. The molecule has 35 heavy (non-hydrogen) atoms. The smallest absolute Gasteiger partial charge is 0.335 e. The van der Waals surface area contributed by atoms with Gasteiger partial charge in [0.05, 0.1) is 12.1 Å². The molecule has 0 heterocycles. The minimum atomic E-state index is -1.11. The van der Waals surface area contributed by atoms with Gasteiger partial charge < -0.3 is 20.9 Å². The fourth-order valence-corrected chi connectivity index (χ4v) is 3.91. The number of carboxylic acid groups (broad SMARTS) is 1. The molecule has 0 aliphatic carbocycles. The van der Waals surface area contributed by atoms with Crippen LogP contribution in [0.5, 0.6) is 5.75 Å². The summed E-state index contributed by atoms with van der Waals surface area (Å²) >= 11 is 6.35. The molecule has 176 valence electrons. The normalized spacial score (nSPS) is 10.6. The molecule has 0 spiro atoms. The van der Waals surface area contributed by atoms with Gasteiger partial charge in [0.2, 0.25) is 5.91 Å². The van der Waals surface area contributed by atoms with Crippen LogP contribution in [0.15, 0.2) is 91.0 Å². The minimum Gasteiger partial charge on any atom is -0.488 e. The van der Waals surface area contributed by atoms with Gasteiger partial charge in [-0.3, -0.25) is 4.79 Å². The third-order valence-corrected chi connectivity index (χ3v) is 5.59. The summed E-state index contributed by atoms with van der Waals surface area (Å²) in [6.07, 6.45) is 0. The zero-order valence-corrected chi connectivity index (χ0v) is 19.5. The maximum Gasteiger partial charge on any atom is 0.335 e. The largest absolute Gasteiger partial charge is 0.488 e. The molecule has 0 radical (unpaired) electrons. The van der Waals surface area contributed by atoms with E-state index in [1.54, 1.807) is 18.2 Å². The minimum absolute atomic E-state index is 0.0382. The Balaban J connectivity index is 1.80. The summed E-state index contributed by atoms with van der Waals surface area (Å²) in [5.41, 5.74) is 9.75. The third-order valence-electron chi connectivity index (χ3n) is 5.36. The lowest BCUT2D eigenvalue weighted by Crippen LogP contribution is -2.22. The summed E-state index contributed by atoms with van der Waals surface area (Å²) in [7, 11) is 0. The predicted octanol–water partition coefficient (Wildman–Crippen LogP) is 5.85. The highest BCUT2D eigenvalue weighted by Gasteiger charge is 2.16. The van der Waals surface area contributed by atoms with E-state index in [0.717, 1.165) is 22.3 Å². The summed E-state index contributed by atoms with van der Waals surface area (Å²) in [4.78, 5) is 23.6. The number of rotatable bonds is 8. The Morgan fingerprint density at radius 1 is 0.857 bits per heavy atom. The van der Waals surface area contributed by atoms with Crippen LogP contribution in [0.25, 0.3) is 22.3 Å². The van der Waals surface area contributed by atoms with Gasteiger partial charge in [0.25, 0.3) is 0 Å². The Morgan fingerprint density at radius 2 is 1.57 bits per heavy atom. The third kappa shape index (κ3) is 5.87. The summed E-state index contributed by atoms with van der Waals surface area (Å²) in [5.74, 6) is -0.891. The molecule has 6 nitrogen and oxygen atoms in total. The summed E-state index contributed by atoms with van der Waals surface area (Å²) < 4.78 is 6.15. The predicted molar refractivity (Wildman–Crippen MR) is 138 cm³/mol. The Labute approximate surface area is 207 Å². The van der Waals surface area contributed by atoms with Crippen molar-refractivity contribution in [3.05, 3.63) is 107 Å². The van der Waals surface area contributed by atoms with Crippen molar-refractivity contribution in [2.24, 2.45) is 5.73 Å². The van der Waals surface area contributed by atoms with Crippen molar-refractivity contribution < 1.29 is 19.4 Å². The molecular formula is C28H23ClN2O4. The van der Waals surface area contributed by atoms with Gasteiger partial charge in [0, 0.05) is 16.3 Å². The molecule has 0 fully saturated rings. The highest BCUT2D eigenvalue weighted by Crippen LogP contribution is 2.40. The van der Waals surface area contributed by atoms with Crippen LogP contribution in [0.3, 0.4) is 0 Å². The number of benzene rings is 4. The highest BCUT2D eigenvalue weighted by molar-refractivity contribution is 6.31. The molecule has 0 bridgehead atoms. The van der Waals surface area contributed by atoms with Crippen LogP contribution in [-0.4, -0.2) is 23.5 Å². The summed E-state index contributed by atoms with van der Waals surface area (Å²) in [5, 5.41) is 12.8. The number of amides is 1. The highest BCUT2D eigenvalue weighted by atomic mass is 35.5. The molecule has 4 N–H and O–H groups in total. The first-order valence-corrected chi connectivity index (χ1v) is 11.3. The standard InChI is InChI=1S/C28H23ClN2O4/c29-21-10-11-26(35-17-18-6-2-1-3-7-18)25(15-21)24-9-5-4-8-23(24)19-12-20(28(33)34)14-22(13-19)31-27(32)16-30/h1-15H,16-17,30H2,(H,31,32)(H,33,34). The number of ether oxygens (including phenoxy) is 1. The number of carbonyl (C=O) groups is 2. The van der Waals surface area contributed by atoms with Crippen LogP contribution >= 0.6 is 11.6 Å². The van der Waals surface area contributed by atoms with E-state index < -0.39 is 11.9 Å². The van der Waals surface area contributed by atoms with Gasteiger partial charge in [-0.05, 0) is 58.7 Å². The van der Waals surface area contributed by atoms with E-state index >= 15 is 0 Å². The number of aromatic carboxylic acids is 1. The second kappa shape index (κ2) is 10.9. The van der Waals surface area contributed by atoms with Crippen molar-refractivity contribution >= 4 is 29.2 Å². The first-order chi connectivity index (χ1) is 16.9. The molecule has 0 atom stereocenters. The van der Waals surface area contributed by atoms with E-state index in [0.29, 0.717) is 28.6 Å². The van der Waals surface area contributed by atoms with Crippen molar-refractivity contribution in [2.45, 2.75) is 6.61 Å². The van der Waals surface area contributed by atoms with E-state index in [1.807, 2.05) is 66.7 Å². The van der Waals surface area contributed by atoms with Gasteiger partial charge in [-0.25, -0.2) is 4.79 Å². The Kier molecular flexibility index (Phi) is 7.45. The summed E-state index contributed by atoms with van der Waals surface area (Å²) in [6, 6.07) is 27.4. The SMILES string of the molecule is NCC(=O)Nc1cc(C(=O)O)cc(-c2ccccc2-c2cc(Cl)ccc2OCc2ccccc2)c1. The fraction of sp³-hybridized carbons (Fsp3) is 0.0714.